The number of hydrogen-bond acceptors (Lipinski definition) is 4. The van der Waals surface area contributed by atoms with E-state index in [9.17, 15) is 18.9 Å². The van der Waals surface area contributed by atoms with E-state index in [1.165, 1.54) is 4.90 Å². The molecule has 2 atom stereocenters. The van der Waals surface area contributed by atoms with Crippen molar-refractivity contribution in [1.29, 1.82) is 0 Å². The summed E-state index contributed by atoms with van der Waals surface area (Å²) >= 11 is 0. The van der Waals surface area contributed by atoms with Crippen LogP contribution in [-0.4, -0.2) is 67.6 Å². The smallest absolute Gasteiger partial charge is 0.326 e. The number of β-amino-alcohol motifs (C(OH)–C–C–N with tert-alkyl or cyclic N) is 1. The van der Waals surface area contributed by atoms with Gasteiger partial charge in [0, 0.05) is 41.3 Å². The molecule has 2 unspecified atom stereocenters. The molecular weight excluding hydrogens is 272 g/mol. The normalized spacial score (nSPS) is 35.1. The van der Waals surface area contributed by atoms with E-state index >= 15 is 0 Å². The molecule has 0 aromatic carbocycles. The predicted octanol–water partition coefficient (Wildman–Crippen LogP) is -0.873. The number of carbonyl (C=O) groups is 2. The van der Waals surface area contributed by atoms with Gasteiger partial charge >= 0.3 is 12.0 Å². The van der Waals surface area contributed by atoms with Crippen molar-refractivity contribution in [2.75, 3.05) is 18.1 Å². The number of aliphatic hydroxyl groups is 1. The summed E-state index contributed by atoms with van der Waals surface area (Å²) in [7, 11) is -0.797. The third-order valence-electron chi connectivity index (χ3n) is 3.54. The number of carbonyl (C=O) groups excluding carboxylic acids is 1. The molecule has 3 N–H and O–H groups in total. The van der Waals surface area contributed by atoms with Gasteiger partial charge < -0.3 is 20.4 Å². The van der Waals surface area contributed by atoms with Crippen LogP contribution in [0.1, 0.15) is 19.3 Å². The zero-order valence-electron chi connectivity index (χ0n) is 10.4. The monoisotopic (exact) mass is 290 g/mol. The maximum atomic E-state index is 12.0. The predicted molar refractivity (Wildman–Crippen MR) is 68.2 cm³/mol. The van der Waals surface area contributed by atoms with E-state index in [4.69, 9.17) is 5.11 Å². The van der Waals surface area contributed by atoms with Crippen molar-refractivity contribution in [3.05, 3.63) is 0 Å². The molecule has 2 amide bonds. The van der Waals surface area contributed by atoms with Gasteiger partial charge in [-0.05, 0) is 12.8 Å². The standard InChI is InChI=1S/C11H18N2O5S/c14-8-5-9(10(15)16)13(6-8)11(17)12-7-1-3-19(18)4-2-7/h7-9,14H,1-6H2,(H,12,17)(H,15,16). The number of nitrogens with one attached hydrogen (secondary N) is 1. The van der Waals surface area contributed by atoms with Crippen LogP contribution in [0.3, 0.4) is 0 Å². The Bertz CT molecular complexity index is 393. The second-order valence-electron chi connectivity index (χ2n) is 4.97. The van der Waals surface area contributed by atoms with Crippen molar-refractivity contribution in [2.24, 2.45) is 0 Å². The Balaban J connectivity index is 1.91. The molecule has 0 aromatic heterocycles. The molecule has 2 fully saturated rings. The fraction of sp³-hybridized carbons (Fsp3) is 0.818. The summed E-state index contributed by atoms with van der Waals surface area (Å²) in [5.41, 5.74) is 0. The second kappa shape index (κ2) is 5.87. The Labute approximate surface area is 113 Å². The third-order valence-corrected chi connectivity index (χ3v) is 4.92. The molecule has 0 radical (unpaired) electrons. The molecule has 108 valence electrons. The molecule has 0 aromatic rings. The zero-order chi connectivity index (χ0) is 14.0. The summed E-state index contributed by atoms with van der Waals surface area (Å²) in [4.78, 5) is 24.2. The number of amides is 2. The van der Waals surface area contributed by atoms with Crippen LogP contribution in [0.5, 0.6) is 0 Å². The molecule has 2 rings (SSSR count). The van der Waals surface area contributed by atoms with Crippen molar-refractivity contribution in [3.63, 3.8) is 0 Å². The van der Waals surface area contributed by atoms with Crippen LogP contribution in [0.25, 0.3) is 0 Å². The minimum absolute atomic E-state index is 0.0431. The quantitative estimate of drug-likeness (QED) is 0.612. The number of aliphatic hydroxyl groups excluding tert-OH is 1. The first-order valence-electron chi connectivity index (χ1n) is 6.30. The van der Waals surface area contributed by atoms with Gasteiger partial charge in [-0.1, -0.05) is 0 Å². The van der Waals surface area contributed by atoms with E-state index in [-0.39, 0.29) is 19.0 Å². The Morgan fingerprint density at radius 1 is 1.26 bits per heavy atom. The summed E-state index contributed by atoms with van der Waals surface area (Å²) in [6.07, 6.45) is 0.571. The number of likely N-dealkylation sites (tertiary alicyclic amines) is 1. The van der Waals surface area contributed by atoms with Gasteiger partial charge in [-0.3, -0.25) is 4.21 Å². The highest BCUT2D eigenvalue weighted by Crippen LogP contribution is 2.19. The highest BCUT2D eigenvalue weighted by molar-refractivity contribution is 7.85. The molecule has 19 heavy (non-hydrogen) atoms. The maximum absolute atomic E-state index is 12.0. The maximum Gasteiger partial charge on any atom is 0.326 e. The van der Waals surface area contributed by atoms with E-state index in [1.807, 2.05) is 0 Å². The molecule has 8 heteroatoms. The first-order chi connectivity index (χ1) is 8.97. The van der Waals surface area contributed by atoms with Crippen LogP contribution in [-0.2, 0) is 15.6 Å². The Morgan fingerprint density at radius 3 is 2.47 bits per heavy atom. The van der Waals surface area contributed by atoms with Crippen LogP contribution in [0.2, 0.25) is 0 Å². The van der Waals surface area contributed by atoms with Gasteiger partial charge in [0.05, 0.1) is 6.10 Å². The molecular formula is C11H18N2O5S. The number of urea groups is 1. The van der Waals surface area contributed by atoms with Gasteiger partial charge in [-0.15, -0.1) is 0 Å². The molecule has 2 heterocycles. The van der Waals surface area contributed by atoms with Crippen molar-refractivity contribution in [2.45, 2.75) is 37.5 Å². The summed E-state index contributed by atoms with van der Waals surface area (Å²) in [6, 6.07) is -1.48. The molecule has 0 bridgehead atoms. The molecule has 7 nitrogen and oxygen atoms in total. The van der Waals surface area contributed by atoms with E-state index in [0.717, 1.165) is 0 Å². The minimum Gasteiger partial charge on any atom is -0.480 e. The van der Waals surface area contributed by atoms with Crippen LogP contribution in [0.4, 0.5) is 4.79 Å². The van der Waals surface area contributed by atoms with Gasteiger partial charge in [-0.25, -0.2) is 9.59 Å². The zero-order valence-corrected chi connectivity index (χ0v) is 11.3. The molecule has 2 aliphatic heterocycles. The lowest BCUT2D eigenvalue weighted by Crippen LogP contribution is -2.50. The van der Waals surface area contributed by atoms with Crippen molar-refractivity contribution < 1.29 is 24.0 Å². The summed E-state index contributed by atoms with van der Waals surface area (Å²) in [5, 5.41) is 21.3. The average molecular weight is 290 g/mol. The molecule has 0 saturated carbocycles. The second-order valence-corrected chi connectivity index (χ2v) is 6.66. The van der Waals surface area contributed by atoms with E-state index in [0.29, 0.717) is 24.3 Å². The van der Waals surface area contributed by atoms with E-state index < -0.39 is 34.9 Å². The van der Waals surface area contributed by atoms with Crippen molar-refractivity contribution in [1.82, 2.24) is 10.2 Å². The lowest BCUT2D eigenvalue weighted by atomic mass is 10.1. The fourth-order valence-corrected chi connectivity index (χ4v) is 3.77. The van der Waals surface area contributed by atoms with Crippen molar-refractivity contribution in [3.8, 4) is 0 Å². The highest BCUT2D eigenvalue weighted by atomic mass is 32.2. The number of aliphatic carboxylic acids is 1. The Morgan fingerprint density at radius 2 is 1.89 bits per heavy atom. The molecule has 0 aliphatic carbocycles. The van der Waals surface area contributed by atoms with E-state index in [2.05, 4.69) is 5.32 Å². The largest absolute Gasteiger partial charge is 0.480 e. The third kappa shape index (κ3) is 3.44. The number of rotatable bonds is 2. The minimum atomic E-state index is -1.10. The van der Waals surface area contributed by atoms with Crippen LogP contribution in [0.15, 0.2) is 0 Å². The number of carboxylic acids is 1. The van der Waals surface area contributed by atoms with Gasteiger partial charge in [0.1, 0.15) is 6.04 Å². The van der Waals surface area contributed by atoms with Crippen LogP contribution in [0, 0.1) is 0 Å². The van der Waals surface area contributed by atoms with Crippen LogP contribution < -0.4 is 5.32 Å². The number of nitrogens with zero attached hydrogens (tertiary/aromatic N) is 1. The Kier molecular flexibility index (Phi) is 4.41. The average Bonchev–Trinajstić information content (AvgIpc) is 2.74. The summed E-state index contributed by atoms with van der Waals surface area (Å²) in [5.74, 6) is 0.0303. The number of hydrogen-bond donors (Lipinski definition) is 3. The van der Waals surface area contributed by atoms with Crippen LogP contribution >= 0.6 is 0 Å². The number of carboxylic acid groups (broad SMARTS) is 1. The first-order valence-corrected chi connectivity index (χ1v) is 7.79. The van der Waals surface area contributed by atoms with Gasteiger partial charge in [-0.2, -0.15) is 0 Å². The van der Waals surface area contributed by atoms with Gasteiger partial charge in [0.15, 0.2) is 0 Å². The SMILES string of the molecule is O=C(O)C1CC(O)CN1C(=O)NC1CCS(=O)CC1. The lowest BCUT2D eigenvalue weighted by Gasteiger charge is -2.27. The molecule has 2 saturated heterocycles. The summed E-state index contributed by atoms with van der Waals surface area (Å²) in [6.45, 7) is 0.0431. The van der Waals surface area contributed by atoms with Gasteiger partial charge in [0.2, 0.25) is 0 Å². The topological polar surface area (TPSA) is 107 Å². The fourth-order valence-electron chi connectivity index (χ4n) is 2.47. The molecule has 0 spiro atoms. The summed E-state index contributed by atoms with van der Waals surface area (Å²) < 4.78 is 11.2. The van der Waals surface area contributed by atoms with Gasteiger partial charge in [0.25, 0.3) is 0 Å². The van der Waals surface area contributed by atoms with Crippen molar-refractivity contribution >= 4 is 22.8 Å². The highest BCUT2D eigenvalue weighted by Gasteiger charge is 2.39. The Hall–Kier alpha value is -1.15. The first kappa shape index (κ1) is 14.3. The molecule has 2 aliphatic rings. The van der Waals surface area contributed by atoms with E-state index in [1.54, 1.807) is 0 Å². The lowest BCUT2D eigenvalue weighted by molar-refractivity contribution is -0.141.